The molecule has 0 fully saturated rings. The number of primary amides is 1. The zero-order chi connectivity index (χ0) is 15.2. The Labute approximate surface area is 129 Å². The van der Waals surface area contributed by atoms with Gasteiger partial charge in [0.25, 0.3) is 0 Å². The van der Waals surface area contributed by atoms with Gasteiger partial charge in [0.05, 0.1) is 5.56 Å². The van der Waals surface area contributed by atoms with Crippen LogP contribution in [0.3, 0.4) is 0 Å². The van der Waals surface area contributed by atoms with E-state index in [-0.39, 0.29) is 18.8 Å². The summed E-state index contributed by atoms with van der Waals surface area (Å²) < 4.78 is 10.4. The van der Waals surface area contributed by atoms with Crippen LogP contribution in [0.1, 0.15) is 20.0 Å². The normalized spacial score (nSPS) is 10.1. The number of ether oxygens (including phenoxy) is 2. The summed E-state index contributed by atoms with van der Waals surface area (Å²) >= 11 is 6.80. The molecule has 0 saturated carbocycles. The number of rotatable bonds is 6. The molecule has 0 unspecified atom stereocenters. The first kappa shape index (κ1) is 15.3. The van der Waals surface area contributed by atoms with Crippen molar-refractivity contribution in [1.82, 2.24) is 4.98 Å². The van der Waals surface area contributed by atoms with Crippen molar-refractivity contribution >= 4 is 34.8 Å². The van der Waals surface area contributed by atoms with Gasteiger partial charge in [-0.3, -0.25) is 4.79 Å². The van der Waals surface area contributed by atoms with Crippen LogP contribution in [0.15, 0.2) is 29.8 Å². The first-order chi connectivity index (χ1) is 10.1. The Bertz CT molecular complexity index is 659. The molecule has 0 atom stereocenters. The van der Waals surface area contributed by atoms with Crippen LogP contribution in [0.2, 0.25) is 5.15 Å². The van der Waals surface area contributed by atoms with E-state index in [1.165, 1.54) is 17.6 Å². The zero-order valence-electron chi connectivity index (χ0n) is 10.7. The second-order valence-corrected chi connectivity index (χ2v) is 5.16. The lowest BCUT2D eigenvalue weighted by Gasteiger charge is -2.06. The Kier molecular flexibility index (Phi) is 5.13. The molecule has 0 aliphatic carbocycles. The zero-order valence-corrected chi connectivity index (χ0v) is 12.3. The molecule has 8 heteroatoms. The Morgan fingerprint density at radius 1 is 1.33 bits per heavy atom. The third kappa shape index (κ3) is 4.44. The number of hydrogen-bond acceptors (Lipinski definition) is 6. The molecule has 2 rings (SSSR count). The predicted octanol–water partition coefficient (Wildman–Crippen LogP) is 2.13. The summed E-state index contributed by atoms with van der Waals surface area (Å²) in [5.41, 5.74) is 5.39. The van der Waals surface area contributed by atoms with E-state index in [0.29, 0.717) is 15.8 Å². The van der Waals surface area contributed by atoms with E-state index in [9.17, 15) is 9.59 Å². The Morgan fingerprint density at radius 3 is 2.81 bits per heavy atom. The van der Waals surface area contributed by atoms with Crippen molar-refractivity contribution in [3.63, 3.8) is 0 Å². The van der Waals surface area contributed by atoms with Crippen molar-refractivity contribution < 1.29 is 19.1 Å². The summed E-state index contributed by atoms with van der Waals surface area (Å²) in [6, 6.07) is 4.60. The topological polar surface area (TPSA) is 91.5 Å². The van der Waals surface area contributed by atoms with Crippen LogP contribution < -0.4 is 10.5 Å². The number of pyridine rings is 1. The van der Waals surface area contributed by atoms with Gasteiger partial charge in [0, 0.05) is 17.6 Å². The number of nitrogens with zero attached hydrogens (tertiary/aromatic N) is 1. The van der Waals surface area contributed by atoms with E-state index in [4.69, 9.17) is 26.8 Å². The lowest BCUT2D eigenvalue weighted by molar-refractivity contribution is 0.0456. The maximum atomic E-state index is 11.7. The fraction of sp³-hybridized carbons (Fsp3) is 0.154. The lowest BCUT2D eigenvalue weighted by atomic mass is 10.3. The van der Waals surface area contributed by atoms with Crippen molar-refractivity contribution in [2.45, 2.75) is 0 Å². The number of hydrogen-bond donors (Lipinski definition) is 1. The number of carbonyl (C=O) groups excluding carboxylic acids is 2. The van der Waals surface area contributed by atoms with Gasteiger partial charge < -0.3 is 15.2 Å². The van der Waals surface area contributed by atoms with Gasteiger partial charge in [0.15, 0.2) is 0 Å². The molecule has 2 aromatic heterocycles. The smallest absolute Gasteiger partial charge is 0.348 e. The second-order valence-electron chi connectivity index (χ2n) is 3.86. The average Bonchev–Trinajstić information content (AvgIpc) is 2.93. The van der Waals surface area contributed by atoms with Crippen molar-refractivity contribution in [3.05, 3.63) is 45.4 Å². The molecule has 0 aliphatic heterocycles. The monoisotopic (exact) mass is 326 g/mol. The van der Waals surface area contributed by atoms with Crippen LogP contribution in [0.4, 0.5) is 0 Å². The van der Waals surface area contributed by atoms with Crippen LogP contribution in [0.25, 0.3) is 0 Å². The van der Waals surface area contributed by atoms with E-state index in [2.05, 4.69) is 4.98 Å². The van der Waals surface area contributed by atoms with Gasteiger partial charge in [0.1, 0.15) is 29.0 Å². The Balaban J connectivity index is 1.77. The molecule has 110 valence electrons. The predicted molar refractivity (Wildman–Crippen MR) is 77.9 cm³/mol. The highest BCUT2D eigenvalue weighted by atomic mass is 35.5. The highest BCUT2D eigenvalue weighted by Gasteiger charge is 2.12. The van der Waals surface area contributed by atoms with Crippen LogP contribution in [-0.2, 0) is 4.74 Å². The number of thiophene rings is 1. The molecule has 0 saturated heterocycles. The van der Waals surface area contributed by atoms with Crippen molar-refractivity contribution in [2.24, 2.45) is 5.73 Å². The minimum atomic E-state index is -0.580. The molecule has 21 heavy (non-hydrogen) atoms. The summed E-state index contributed by atoms with van der Waals surface area (Å²) in [6.45, 7) is 0.253. The van der Waals surface area contributed by atoms with Crippen molar-refractivity contribution in [1.29, 1.82) is 0 Å². The van der Waals surface area contributed by atoms with E-state index in [1.807, 2.05) is 0 Å². The number of carbonyl (C=O) groups is 2. The quantitative estimate of drug-likeness (QED) is 0.499. The fourth-order valence-electron chi connectivity index (χ4n) is 1.41. The molecule has 0 aromatic carbocycles. The van der Waals surface area contributed by atoms with Gasteiger partial charge in [-0.1, -0.05) is 11.6 Å². The second kappa shape index (κ2) is 7.05. The summed E-state index contributed by atoms with van der Waals surface area (Å²) in [5, 5.41) is 1.83. The number of esters is 1. The van der Waals surface area contributed by atoms with E-state index < -0.39 is 11.9 Å². The Morgan fingerprint density at radius 2 is 2.14 bits per heavy atom. The number of amides is 1. The van der Waals surface area contributed by atoms with Gasteiger partial charge in [0.2, 0.25) is 5.91 Å². The minimum Gasteiger partial charge on any atom is -0.490 e. The van der Waals surface area contributed by atoms with E-state index >= 15 is 0 Å². The maximum Gasteiger partial charge on any atom is 0.348 e. The first-order valence-corrected chi connectivity index (χ1v) is 7.12. The van der Waals surface area contributed by atoms with Gasteiger partial charge in [-0.05, 0) is 12.1 Å². The first-order valence-electron chi connectivity index (χ1n) is 5.86. The van der Waals surface area contributed by atoms with E-state index in [1.54, 1.807) is 12.1 Å². The molecule has 0 aliphatic rings. The molecule has 0 bridgehead atoms. The highest BCUT2D eigenvalue weighted by molar-refractivity contribution is 7.12. The average molecular weight is 327 g/mol. The molecule has 0 radical (unpaired) electrons. The number of nitrogens with two attached hydrogens (primary N) is 1. The molecule has 2 aromatic rings. The minimum absolute atomic E-state index is 0.0720. The Hall–Kier alpha value is -2.12. The van der Waals surface area contributed by atoms with Crippen LogP contribution >= 0.6 is 22.9 Å². The van der Waals surface area contributed by atoms with Gasteiger partial charge in [-0.2, -0.15) is 0 Å². The summed E-state index contributed by atoms with van der Waals surface area (Å²) in [7, 11) is 0. The third-order valence-electron chi connectivity index (χ3n) is 2.37. The summed E-state index contributed by atoms with van der Waals surface area (Å²) in [5.74, 6) is -0.565. The fourth-order valence-corrected chi connectivity index (χ4v) is 2.36. The SMILES string of the molecule is NC(=O)c1csc(C(=O)OCCOc2ccnc(Cl)c2)c1. The molecule has 2 N–H and O–H groups in total. The maximum absolute atomic E-state index is 11.7. The lowest BCUT2D eigenvalue weighted by Crippen LogP contribution is -2.12. The van der Waals surface area contributed by atoms with Crippen molar-refractivity contribution in [3.8, 4) is 5.75 Å². The molecule has 2 heterocycles. The molecule has 6 nitrogen and oxygen atoms in total. The van der Waals surface area contributed by atoms with Crippen LogP contribution in [-0.4, -0.2) is 30.1 Å². The van der Waals surface area contributed by atoms with Gasteiger partial charge in [-0.25, -0.2) is 9.78 Å². The van der Waals surface area contributed by atoms with Gasteiger partial charge in [-0.15, -0.1) is 11.3 Å². The summed E-state index contributed by atoms with van der Waals surface area (Å²) in [6.07, 6.45) is 1.51. The van der Waals surface area contributed by atoms with Crippen LogP contribution in [0, 0.1) is 0 Å². The molecule has 1 amide bonds. The van der Waals surface area contributed by atoms with Gasteiger partial charge >= 0.3 is 5.97 Å². The molecular formula is C13H11ClN2O4S. The molecule has 0 spiro atoms. The largest absolute Gasteiger partial charge is 0.490 e. The van der Waals surface area contributed by atoms with Crippen LogP contribution in [0.5, 0.6) is 5.75 Å². The van der Waals surface area contributed by atoms with Crippen molar-refractivity contribution in [2.75, 3.05) is 13.2 Å². The highest BCUT2D eigenvalue weighted by Crippen LogP contribution is 2.16. The number of aromatic nitrogens is 1. The number of halogens is 1. The summed E-state index contributed by atoms with van der Waals surface area (Å²) in [4.78, 5) is 26.7. The van der Waals surface area contributed by atoms with E-state index in [0.717, 1.165) is 11.3 Å². The third-order valence-corrected chi connectivity index (χ3v) is 3.49. The molecular weight excluding hydrogens is 316 g/mol. The standard InChI is InChI=1S/C13H11ClN2O4S/c14-11-6-9(1-2-16-11)19-3-4-20-13(18)10-5-8(7-21-10)12(15)17/h1-2,5-7H,3-4H2,(H2,15,17).